The molecule has 4 nitrogen and oxygen atoms in total. The fourth-order valence-corrected chi connectivity index (χ4v) is 2.13. The van der Waals surface area contributed by atoms with E-state index in [1.165, 1.54) is 17.5 Å². The van der Waals surface area contributed by atoms with Gasteiger partial charge in [-0.1, -0.05) is 19.9 Å². The number of esters is 1. The highest BCUT2D eigenvalue weighted by molar-refractivity contribution is 7.98. The Balaban J connectivity index is 0.000000771. The molecule has 0 radical (unpaired) electrons. The summed E-state index contributed by atoms with van der Waals surface area (Å²) in [5.41, 5.74) is 1.97. The molecule has 0 saturated carbocycles. The number of amidine groups is 1. The van der Waals surface area contributed by atoms with Gasteiger partial charge in [-0.15, -0.1) is 0 Å². The third kappa shape index (κ3) is 3.50. The largest absolute Gasteiger partial charge is 0.460 e. The molecular weight excluding hydrogens is 248 g/mol. The molecule has 1 aromatic rings. The fraction of sp³-hybridized carbons (Fsp3) is 0.385. The van der Waals surface area contributed by atoms with Crippen molar-refractivity contribution in [3.8, 4) is 0 Å². The van der Waals surface area contributed by atoms with Crippen molar-refractivity contribution in [2.75, 3.05) is 6.61 Å². The molecule has 0 spiro atoms. The van der Waals surface area contributed by atoms with Gasteiger partial charge in [-0.25, -0.2) is 9.79 Å². The third-order valence-corrected chi connectivity index (χ3v) is 2.92. The Hall–Kier alpha value is -1.49. The van der Waals surface area contributed by atoms with Gasteiger partial charge in [-0.3, -0.25) is 0 Å². The summed E-state index contributed by atoms with van der Waals surface area (Å²) in [5, 5.41) is 0. The molecule has 98 valence electrons. The number of fused-ring (bicyclic) bond motifs is 1. The molecule has 0 fully saturated rings. The Morgan fingerprint density at radius 2 is 2.17 bits per heavy atom. The minimum Gasteiger partial charge on any atom is -0.460 e. The molecule has 2 rings (SSSR count). The van der Waals surface area contributed by atoms with Crippen molar-refractivity contribution in [3.05, 3.63) is 23.8 Å². The molecule has 0 amide bonds. The topological polar surface area (TPSA) is 50.7 Å². The Labute approximate surface area is 112 Å². The second kappa shape index (κ2) is 7.06. The first kappa shape index (κ1) is 14.6. The number of carbonyl (C=O) groups excluding carboxylic acids is 1. The van der Waals surface area contributed by atoms with Crippen LogP contribution in [0.2, 0.25) is 0 Å². The molecule has 0 atom stereocenters. The van der Waals surface area contributed by atoms with Crippen molar-refractivity contribution in [3.63, 3.8) is 0 Å². The van der Waals surface area contributed by atoms with Gasteiger partial charge in [0.25, 0.3) is 0 Å². The summed E-state index contributed by atoms with van der Waals surface area (Å²) in [4.78, 5) is 16.7. The molecule has 5 heteroatoms. The van der Waals surface area contributed by atoms with Gasteiger partial charge < -0.3 is 9.46 Å². The van der Waals surface area contributed by atoms with Crippen LogP contribution in [-0.2, 0) is 9.53 Å². The number of nitrogens with one attached hydrogen (secondary N) is 1. The van der Waals surface area contributed by atoms with E-state index in [-0.39, 0.29) is 5.84 Å². The van der Waals surface area contributed by atoms with Gasteiger partial charge in [0.15, 0.2) is 0 Å². The van der Waals surface area contributed by atoms with Crippen LogP contribution in [-0.4, -0.2) is 18.4 Å². The Kier molecular flexibility index (Phi) is 5.71. The van der Waals surface area contributed by atoms with E-state index in [9.17, 15) is 4.79 Å². The van der Waals surface area contributed by atoms with Crippen LogP contribution < -0.4 is 4.72 Å². The molecular formula is C13H18N2O2S. The van der Waals surface area contributed by atoms with E-state index in [1.54, 1.807) is 6.92 Å². The number of nitrogens with zero attached hydrogens (tertiary/aromatic N) is 1. The van der Waals surface area contributed by atoms with E-state index in [4.69, 9.17) is 4.74 Å². The summed E-state index contributed by atoms with van der Waals surface area (Å²) in [5.74, 6) is -0.163. The number of hydrogen-bond donors (Lipinski definition) is 1. The van der Waals surface area contributed by atoms with Gasteiger partial charge in [0.05, 0.1) is 17.2 Å². The van der Waals surface area contributed by atoms with Crippen molar-refractivity contribution in [1.29, 1.82) is 0 Å². The van der Waals surface area contributed by atoms with E-state index >= 15 is 0 Å². The zero-order valence-corrected chi connectivity index (χ0v) is 11.9. The zero-order chi connectivity index (χ0) is 13.5. The molecule has 0 saturated heterocycles. The van der Waals surface area contributed by atoms with Crippen LogP contribution in [0.3, 0.4) is 0 Å². The molecule has 1 heterocycles. The van der Waals surface area contributed by atoms with Crippen molar-refractivity contribution < 1.29 is 9.53 Å². The number of rotatable bonds is 2. The predicted molar refractivity (Wildman–Crippen MR) is 75.2 cm³/mol. The molecule has 0 bridgehead atoms. The Morgan fingerprint density at radius 3 is 2.83 bits per heavy atom. The van der Waals surface area contributed by atoms with E-state index in [0.717, 1.165) is 10.6 Å². The maximum absolute atomic E-state index is 11.4. The van der Waals surface area contributed by atoms with Crippen molar-refractivity contribution in [2.45, 2.75) is 32.6 Å². The SMILES string of the molecule is CC.CCOC(=O)C1=Nc2ccc(C)cc2SN1. The first-order valence-corrected chi connectivity index (χ1v) is 6.81. The lowest BCUT2D eigenvalue weighted by atomic mass is 10.2. The van der Waals surface area contributed by atoms with Gasteiger partial charge >= 0.3 is 5.97 Å². The smallest absolute Gasteiger partial charge is 0.374 e. The highest BCUT2D eigenvalue weighted by Gasteiger charge is 2.18. The number of hydrogen-bond acceptors (Lipinski definition) is 5. The van der Waals surface area contributed by atoms with E-state index in [2.05, 4.69) is 9.71 Å². The summed E-state index contributed by atoms with van der Waals surface area (Å²) >= 11 is 1.38. The summed E-state index contributed by atoms with van der Waals surface area (Å²) in [6.45, 7) is 8.14. The minimum atomic E-state index is -0.416. The van der Waals surface area contributed by atoms with Gasteiger partial charge in [0, 0.05) is 0 Å². The molecule has 1 N–H and O–H groups in total. The zero-order valence-electron chi connectivity index (χ0n) is 11.1. The van der Waals surface area contributed by atoms with Crippen molar-refractivity contribution in [1.82, 2.24) is 4.72 Å². The van der Waals surface area contributed by atoms with Crippen LogP contribution in [0.25, 0.3) is 0 Å². The summed E-state index contributed by atoms with van der Waals surface area (Å²) in [6, 6.07) is 5.90. The first-order valence-electron chi connectivity index (χ1n) is 6.00. The maximum atomic E-state index is 11.4. The molecule has 1 aliphatic heterocycles. The highest BCUT2D eigenvalue weighted by Crippen LogP contribution is 2.31. The van der Waals surface area contributed by atoms with Gasteiger partial charge in [0.1, 0.15) is 0 Å². The van der Waals surface area contributed by atoms with E-state index in [0.29, 0.717) is 6.61 Å². The lowest BCUT2D eigenvalue weighted by Gasteiger charge is -2.15. The fourth-order valence-electron chi connectivity index (χ4n) is 1.33. The monoisotopic (exact) mass is 266 g/mol. The first-order chi connectivity index (χ1) is 8.70. The normalized spacial score (nSPS) is 12.3. The number of aryl methyl sites for hydroxylation is 1. The van der Waals surface area contributed by atoms with Crippen LogP contribution in [0.15, 0.2) is 28.1 Å². The number of ether oxygens (including phenoxy) is 1. The average molecular weight is 266 g/mol. The lowest BCUT2D eigenvalue weighted by molar-refractivity contribution is -0.135. The Bertz CT molecular complexity index is 458. The summed E-state index contributed by atoms with van der Waals surface area (Å²) < 4.78 is 7.75. The molecule has 1 aromatic carbocycles. The van der Waals surface area contributed by atoms with Crippen molar-refractivity contribution >= 4 is 29.4 Å². The van der Waals surface area contributed by atoms with Crippen LogP contribution in [0.4, 0.5) is 5.69 Å². The lowest BCUT2D eigenvalue weighted by Crippen LogP contribution is -2.29. The number of aliphatic imine (C=N–C) groups is 1. The van der Waals surface area contributed by atoms with Crippen LogP contribution >= 0.6 is 11.9 Å². The second-order valence-corrected chi connectivity index (χ2v) is 4.20. The average Bonchev–Trinajstić information content (AvgIpc) is 2.40. The predicted octanol–water partition coefficient (Wildman–Crippen LogP) is 3.22. The Morgan fingerprint density at radius 1 is 1.44 bits per heavy atom. The van der Waals surface area contributed by atoms with E-state index < -0.39 is 5.97 Å². The van der Waals surface area contributed by atoms with Crippen LogP contribution in [0, 0.1) is 6.92 Å². The molecule has 18 heavy (non-hydrogen) atoms. The molecule has 0 aromatic heterocycles. The van der Waals surface area contributed by atoms with Gasteiger partial charge in [-0.2, -0.15) is 0 Å². The van der Waals surface area contributed by atoms with Crippen molar-refractivity contribution in [2.24, 2.45) is 4.99 Å². The number of benzene rings is 1. The summed E-state index contributed by atoms with van der Waals surface area (Å²) in [6.07, 6.45) is 0. The van der Waals surface area contributed by atoms with E-state index in [1.807, 2.05) is 39.0 Å². The third-order valence-electron chi connectivity index (χ3n) is 2.07. The maximum Gasteiger partial charge on any atom is 0.374 e. The van der Waals surface area contributed by atoms with Crippen LogP contribution in [0.1, 0.15) is 26.3 Å². The second-order valence-electron chi connectivity index (χ2n) is 3.36. The quantitative estimate of drug-likeness (QED) is 0.659. The molecule has 0 aliphatic carbocycles. The minimum absolute atomic E-state index is 0.253. The summed E-state index contributed by atoms with van der Waals surface area (Å²) in [7, 11) is 0. The standard InChI is InChI=1S/C11H12N2O2S.C2H6/c1-3-15-11(14)10-12-8-5-4-7(2)6-9(8)16-13-10;1-2/h4-6H,3H2,1-2H3,(H,12,13);1-2H3. The number of carbonyl (C=O) groups is 1. The molecule has 1 aliphatic rings. The molecule has 0 unspecified atom stereocenters. The highest BCUT2D eigenvalue weighted by atomic mass is 32.2. The van der Waals surface area contributed by atoms with Gasteiger partial charge in [0.2, 0.25) is 5.84 Å². The van der Waals surface area contributed by atoms with Gasteiger partial charge in [-0.05, 0) is 43.5 Å². The van der Waals surface area contributed by atoms with Crippen LogP contribution in [0.5, 0.6) is 0 Å².